The number of hydrogen-bond acceptors (Lipinski definition) is 7. The summed E-state index contributed by atoms with van der Waals surface area (Å²) < 4.78 is 7.42. The zero-order valence-corrected chi connectivity index (χ0v) is 17.4. The van der Waals surface area contributed by atoms with Crippen LogP contribution in [0.25, 0.3) is 22.8 Å². The first kappa shape index (κ1) is 19.4. The monoisotopic (exact) mass is 425 g/mol. The fraction of sp³-hybridized carbons (Fsp3) is 0.200. The molecule has 0 aliphatic heterocycles. The van der Waals surface area contributed by atoms with Crippen molar-refractivity contribution in [1.29, 1.82) is 0 Å². The molecule has 0 aliphatic carbocycles. The van der Waals surface area contributed by atoms with E-state index >= 15 is 0 Å². The molecule has 0 saturated heterocycles. The van der Waals surface area contributed by atoms with E-state index in [-0.39, 0.29) is 11.7 Å². The molecule has 29 heavy (non-hydrogen) atoms. The van der Waals surface area contributed by atoms with Crippen molar-refractivity contribution >= 4 is 34.1 Å². The lowest BCUT2D eigenvalue weighted by Crippen LogP contribution is -2.14. The molecule has 7 nitrogen and oxygen atoms in total. The Morgan fingerprint density at radius 3 is 2.83 bits per heavy atom. The van der Waals surface area contributed by atoms with Crippen molar-refractivity contribution in [3.05, 3.63) is 54.1 Å². The van der Waals surface area contributed by atoms with Crippen LogP contribution in [0, 0.1) is 0 Å². The van der Waals surface area contributed by atoms with Crippen LogP contribution in [0.5, 0.6) is 0 Å². The summed E-state index contributed by atoms with van der Waals surface area (Å²) in [4.78, 5) is 16.9. The molecule has 1 aromatic carbocycles. The minimum Gasteiger partial charge on any atom is -0.461 e. The fourth-order valence-corrected chi connectivity index (χ4v) is 4.27. The van der Waals surface area contributed by atoms with Gasteiger partial charge in [-0.3, -0.25) is 9.36 Å². The maximum Gasteiger partial charge on any atom is 0.236 e. The number of carbonyl (C=O) groups is 1. The molecule has 0 saturated carbocycles. The molecule has 1 amide bonds. The standard InChI is InChI=1S/C20H19N5O2S2/c1-2-10-25-18(16-9-6-11-27-16)23-24-20(25)29-13-17(26)22-19-21-15(12-28-19)14-7-4-3-5-8-14/h3-9,11-12H,2,10,13H2,1H3,(H,21,22,26). The summed E-state index contributed by atoms with van der Waals surface area (Å²) in [5.41, 5.74) is 1.88. The zero-order valence-electron chi connectivity index (χ0n) is 15.7. The molecule has 0 unspecified atom stereocenters. The summed E-state index contributed by atoms with van der Waals surface area (Å²) in [5, 5.41) is 14.5. The van der Waals surface area contributed by atoms with E-state index in [0.717, 1.165) is 24.2 Å². The summed E-state index contributed by atoms with van der Waals surface area (Å²) >= 11 is 2.76. The zero-order chi connectivity index (χ0) is 20.1. The molecule has 0 radical (unpaired) electrons. The van der Waals surface area contributed by atoms with Gasteiger partial charge < -0.3 is 9.73 Å². The maximum atomic E-state index is 12.4. The Kier molecular flexibility index (Phi) is 6.06. The van der Waals surface area contributed by atoms with E-state index in [0.29, 0.717) is 21.9 Å². The molecular weight excluding hydrogens is 406 g/mol. The maximum absolute atomic E-state index is 12.4. The molecule has 0 fully saturated rings. The number of rotatable bonds is 8. The second kappa shape index (κ2) is 9.06. The van der Waals surface area contributed by atoms with Gasteiger partial charge in [-0.05, 0) is 18.6 Å². The van der Waals surface area contributed by atoms with Crippen LogP contribution in [0.1, 0.15) is 13.3 Å². The van der Waals surface area contributed by atoms with Crippen molar-refractivity contribution in [3.63, 3.8) is 0 Å². The minimum absolute atomic E-state index is 0.130. The molecule has 4 aromatic rings. The fourth-order valence-electron chi connectivity index (χ4n) is 2.77. The Labute approximate surface area is 176 Å². The third-order valence-corrected chi connectivity index (χ3v) is 5.78. The van der Waals surface area contributed by atoms with Crippen molar-refractivity contribution in [2.45, 2.75) is 25.0 Å². The molecule has 0 spiro atoms. The summed E-state index contributed by atoms with van der Waals surface area (Å²) in [7, 11) is 0. The normalized spacial score (nSPS) is 10.9. The Balaban J connectivity index is 1.40. The second-order valence-corrected chi connectivity index (χ2v) is 7.98. The average molecular weight is 426 g/mol. The Morgan fingerprint density at radius 1 is 1.21 bits per heavy atom. The molecule has 3 aromatic heterocycles. The van der Waals surface area contributed by atoms with Gasteiger partial charge in [-0.1, -0.05) is 49.0 Å². The number of nitrogens with one attached hydrogen (secondary N) is 1. The average Bonchev–Trinajstić information content (AvgIpc) is 3.49. The van der Waals surface area contributed by atoms with Crippen LogP contribution < -0.4 is 5.32 Å². The van der Waals surface area contributed by atoms with Gasteiger partial charge in [0.15, 0.2) is 21.9 Å². The van der Waals surface area contributed by atoms with Crippen LogP contribution in [-0.4, -0.2) is 31.4 Å². The number of carbonyl (C=O) groups excluding carboxylic acids is 1. The lowest BCUT2D eigenvalue weighted by molar-refractivity contribution is -0.113. The molecule has 0 bridgehead atoms. The molecule has 9 heteroatoms. The van der Waals surface area contributed by atoms with Crippen LogP contribution in [0.4, 0.5) is 5.13 Å². The van der Waals surface area contributed by atoms with Crippen molar-refractivity contribution < 1.29 is 9.21 Å². The van der Waals surface area contributed by atoms with Gasteiger partial charge in [-0.2, -0.15) is 0 Å². The Hall–Kier alpha value is -2.91. The quantitative estimate of drug-likeness (QED) is 0.408. The van der Waals surface area contributed by atoms with Gasteiger partial charge in [0, 0.05) is 17.5 Å². The van der Waals surface area contributed by atoms with Crippen molar-refractivity contribution in [2.24, 2.45) is 0 Å². The number of aromatic nitrogens is 4. The number of thioether (sulfide) groups is 1. The molecule has 0 atom stereocenters. The highest BCUT2D eigenvalue weighted by atomic mass is 32.2. The van der Waals surface area contributed by atoms with E-state index in [4.69, 9.17) is 4.42 Å². The summed E-state index contributed by atoms with van der Waals surface area (Å²) in [6, 6.07) is 13.5. The van der Waals surface area contributed by atoms with Gasteiger partial charge in [0.05, 0.1) is 17.7 Å². The molecule has 1 N–H and O–H groups in total. The van der Waals surface area contributed by atoms with E-state index in [1.54, 1.807) is 6.26 Å². The van der Waals surface area contributed by atoms with Crippen LogP contribution in [0.3, 0.4) is 0 Å². The van der Waals surface area contributed by atoms with Crippen molar-refractivity contribution in [2.75, 3.05) is 11.1 Å². The number of benzene rings is 1. The smallest absolute Gasteiger partial charge is 0.236 e. The van der Waals surface area contributed by atoms with Gasteiger partial charge in [0.1, 0.15) is 0 Å². The minimum atomic E-state index is -0.130. The summed E-state index contributed by atoms with van der Waals surface area (Å²) in [6.07, 6.45) is 2.53. The third kappa shape index (κ3) is 4.57. The lowest BCUT2D eigenvalue weighted by Gasteiger charge is -2.07. The number of amides is 1. The molecule has 3 heterocycles. The first-order valence-corrected chi connectivity index (χ1v) is 11.0. The van der Waals surface area contributed by atoms with Crippen molar-refractivity contribution in [3.8, 4) is 22.8 Å². The molecule has 0 aliphatic rings. The third-order valence-electron chi connectivity index (χ3n) is 4.06. The predicted molar refractivity (Wildman–Crippen MR) is 115 cm³/mol. The highest BCUT2D eigenvalue weighted by molar-refractivity contribution is 7.99. The van der Waals surface area contributed by atoms with Gasteiger partial charge in [0.25, 0.3) is 0 Å². The highest BCUT2D eigenvalue weighted by Crippen LogP contribution is 2.26. The van der Waals surface area contributed by atoms with Gasteiger partial charge >= 0.3 is 0 Å². The second-order valence-electron chi connectivity index (χ2n) is 6.18. The van der Waals surface area contributed by atoms with E-state index in [1.165, 1.54) is 23.1 Å². The number of anilines is 1. The van der Waals surface area contributed by atoms with Crippen LogP contribution in [-0.2, 0) is 11.3 Å². The summed E-state index contributed by atoms with van der Waals surface area (Å²) in [5.74, 6) is 1.43. The Morgan fingerprint density at radius 2 is 2.07 bits per heavy atom. The number of hydrogen-bond donors (Lipinski definition) is 1. The molecule has 148 valence electrons. The SMILES string of the molecule is CCCn1c(SCC(=O)Nc2nc(-c3ccccc3)cs2)nnc1-c1ccco1. The van der Waals surface area contributed by atoms with Crippen LogP contribution >= 0.6 is 23.1 Å². The van der Waals surface area contributed by atoms with Crippen molar-refractivity contribution in [1.82, 2.24) is 19.7 Å². The van der Waals surface area contributed by atoms with Gasteiger partial charge in [-0.15, -0.1) is 21.5 Å². The summed E-state index contributed by atoms with van der Waals surface area (Å²) in [6.45, 7) is 2.83. The van der Waals surface area contributed by atoms with Crippen LogP contribution in [0.2, 0.25) is 0 Å². The van der Waals surface area contributed by atoms with E-state index in [9.17, 15) is 4.79 Å². The topological polar surface area (TPSA) is 85.8 Å². The van der Waals surface area contributed by atoms with E-state index in [1.807, 2.05) is 52.4 Å². The van der Waals surface area contributed by atoms with Gasteiger partial charge in [0.2, 0.25) is 5.91 Å². The number of nitrogens with zero attached hydrogens (tertiary/aromatic N) is 4. The predicted octanol–water partition coefficient (Wildman–Crippen LogP) is 4.80. The highest BCUT2D eigenvalue weighted by Gasteiger charge is 2.17. The van der Waals surface area contributed by atoms with Gasteiger partial charge in [-0.25, -0.2) is 4.98 Å². The number of furan rings is 1. The molecular formula is C20H19N5O2S2. The number of thiazole rings is 1. The van der Waals surface area contributed by atoms with E-state index in [2.05, 4.69) is 27.4 Å². The lowest BCUT2D eigenvalue weighted by atomic mass is 10.2. The van der Waals surface area contributed by atoms with Crippen LogP contribution in [0.15, 0.2) is 63.7 Å². The first-order valence-electron chi connectivity index (χ1n) is 9.15. The van der Waals surface area contributed by atoms with E-state index < -0.39 is 0 Å². The Bertz CT molecular complexity index is 1070. The molecule has 4 rings (SSSR count). The largest absolute Gasteiger partial charge is 0.461 e. The first-order chi connectivity index (χ1) is 14.2.